The SMILES string of the molecule is O=C(O)CCCC(=O)Nc1cccc([C@H]2O[C@@H](CN3CC[C@H](O)C3)C[C@@H](c3ccc(CO)cc3)O2)c1. The van der Waals surface area contributed by atoms with Crippen molar-refractivity contribution in [3.05, 3.63) is 65.2 Å². The van der Waals surface area contributed by atoms with Crippen LogP contribution in [-0.4, -0.2) is 63.9 Å². The van der Waals surface area contributed by atoms with Gasteiger partial charge in [-0.05, 0) is 36.1 Å². The molecule has 2 aliphatic heterocycles. The van der Waals surface area contributed by atoms with Gasteiger partial charge in [0.05, 0.1) is 24.9 Å². The van der Waals surface area contributed by atoms with E-state index >= 15 is 0 Å². The second-order valence-electron chi connectivity index (χ2n) is 9.47. The molecule has 4 rings (SSSR count). The third kappa shape index (κ3) is 7.35. The number of hydrogen-bond acceptors (Lipinski definition) is 7. The molecule has 0 radical (unpaired) electrons. The number of hydrogen-bond donors (Lipinski definition) is 4. The molecule has 2 aliphatic rings. The second kappa shape index (κ2) is 12.4. The van der Waals surface area contributed by atoms with Crippen LogP contribution >= 0.6 is 0 Å². The van der Waals surface area contributed by atoms with Gasteiger partial charge in [-0.3, -0.25) is 14.5 Å². The summed E-state index contributed by atoms with van der Waals surface area (Å²) in [6, 6.07) is 15.0. The Labute approximate surface area is 210 Å². The number of rotatable bonds is 10. The molecule has 2 aromatic rings. The summed E-state index contributed by atoms with van der Waals surface area (Å²) in [5.74, 6) is -1.17. The number of likely N-dealkylation sites (tertiary alicyclic amines) is 1. The van der Waals surface area contributed by atoms with Crippen molar-refractivity contribution in [3.8, 4) is 0 Å². The van der Waals surface area contributed by atoms with Crippen molar-refractivity contribution in [1.29, 1.82) is 0 Å². The van der Waals surface area contributed by atoms with Crippen molar-refractivity contribution in [3.63, 3.8) is 0 Å². The van der Waals surface area contributed by atoms with Gasteiger partial charge in [0.1, 0.15) is 0 Å². The normalized spacial score (nSPS) is 24.5. The Bertz CT molecular complexity index is 1030. The minimum Gasteiger partial charge on any atom is -0.481 e. The van der Waals surface area contributed by atoms with E-state index in [4.69, 9.17) is 14.6 Å². The lowest BCUT2D eigenvalue weighted by atomic mass is 9.99. The Balaban J connectivity index is 1.47. The van der Waals surface area contributed by atoms with Crippen LogP contribution in [0.5, 0.6) is 0 Å². The number of carboxylic acid groups (broad SMARTS) is 1. The maximum atomic E-state index is 12.2. The maximum Gasteiger partial charge on any atom is 0.303 e. The fourth-order valence-corrected chi connectivity index (χ4v) is 4.69. The zero-order chi connectivity index (χ0) is 25.5. The smallest absolute Gasteiger partial charge is 0.303 e. The molecule has 0 saturated carbocycles. The summed E-state index contributed by atoms with van der Waals surface area (Å²) in [5, 5.41) is 30.9. The predicted octanol–water partition coefficient (Wildman–Crippen LogP) is 2.98. The Kier molecular flexibility index (Phi) is 9.06. The predicted molar refractivity (Wildman–Crippen MR) is 132 cm³/mol. The number of β-amino-alcohol motifs (C(OH)–C–C–N with tert-alkyl or cyclic N) is 1. The largest absolute Gasteiger partial charge is 0.481 e. The third-order valence-corrected chi connectivity index (χ3v) is 6.56. The Morgan fingerprint density at radius 3 is 2.56 bits per heavy atom. The number of aliphatic carboxylic acids is 1. The van der Waals surface area contributed by atoms with Crippen molar-refractivity contribution < 1.29 is 34.4 Å². The lowest BCUT2D eigenvalue weighted by molar-refractivity contribution is -0.252. The van der Waals surface area contributed by atoms with Gasteiger partial charge in [-0.1, -0.05) is 36.4 Å². The van der Waals surface area contributed by atoms with Crippen LogP contribution in [0.2, 0.25) is 0 Å². The molecule has 9 nitrogen and oxygen atoms in total. The fourth-order valence-electron chi connectivity index (χ4n) is 4.69. The Hall–Kier alpha value is -2.82. The number of aliphatic hydroxyl groups excluding tert-OH is 2. The van der Waals surface area contributed by atoms with Crippen LogP contribution < -0.4 is 5.32 Å². The molecule has 2 heterocycles. The van der Waals surface area contributed by atoms with Gasteiger partial charge in [-0.15, -0.1) is 0 Å². The number of aliphatic hydroxyl groups is 2. The van der Waals surface area contributed by atoms with Gasteiger partial charge >= 0.3 is 5.97 Å². The van der Waals surface area contributed by atoms with E-state index in [-0.39, 0.29) is 50.1 Å². The minimum atomic E-state index is -0.921. The number of anilines is 1. The van der Waals surface area contributed by atoms with Crippen molar-refractivity contribution in [2.24, 2.45) is 0 Å². The van der Waals surface area contributed by atoms with Gasteiger partial charge in [-0.2, -0.15) is 0 Å². The monoisotopic (exact) mass is 498 g/mol. The van der Waals surface area contributed by atoms with Gasteiger partial charge in [0.25, 0.3) is 0 Å². The highest BCUT2D eigenvalue weighted by molar-refractivity contribution is 5.90. The van der Waals surface area contributed by atoms with E-state index < -0.39 is 12.3 Å². The molecule has 194 valence electrons. The first-order valence-corrected chi connectivity index (χ1v) is 12.4. The van der Waals surface area contributed by atoms with Crippen LogP contribution in [-0.2, 0) is 25.7 Å². The molecule has 4 N–H and O–H groups in total. The molecule has 0 aliphatic carbocycles. The summed E-state index contributed by atoms with van der Waals surface area (Å²) in [6.07, 6.45) is 0.471. The topological polar surface area (TPSA) is 129 Å². The number of nitrogens with one attached hydrogen (secondary N) is 1. The van der Waals surface area contributed by atoms with Crippen molar-refractivity contribution >= 4 is 17.6 Å². The molecule has 0 spiro atoms. The summed E-state index contributed by atoms with van der Waals surface area (Å²) in [7, 11) is 0. The Morgan fingerprint density at radius 1 is 1.06 bits per heavy atom. The highest BCUT2D eigenvalue weighted by Gasteiger charge is 2.34. The first-order valence-electron chi connectivity index (χ1n) is 12.4. The minimum absolute atomic E-state index is 0.0216. The lowest BCUT2D eigenvalue weighted by Gasteiger charge is -2.38. The van der Waals surface area contributed by atoms with Gasteiger partial charge < -0.3 is 30.1 Å². The molecule has 0 unspecified atom stereocenters. The van der Waals surface area contributed by atoms with Gasteiger partial charge in [0, 0.05) is 50.1 Å². The molecular formula is C27H34N2O7. The number of benzene rings is 2. The molecule has 0 bridgehead atoms. The molecule has 36 heavy (non-hydrogen) atoms. The van der Waals surface area contributed by atoms with Crippen LogP contribution in [0.1, 0.15) is 61.2 Å². The number of nitrogens with zero attached hydrogens (tertiary/aromatic N) is 1. The first-order chi connectivity index (χ1) is 17.4. The quantitative estimate of drug-likeness (QED) is 0.394. The summed E-state index contributed by atoms with van der Waals surface area (Å²) in [4.78, 5) is 25.1. The number of amides is 1. The van der Waals surface area contributed by atoms with Gasteiger partial charge in [0.15, 0.2) is 6.29 Å². The average molecular weight is 499 g/mol. The zero-order valence-electron chi connectivity index (χ0n) is 20.2. The summed E-state index contributed by atoms with van der Waals surface area (Å²) < 4.78 is 12.7. The van der Waals surface area contributed by atoms with Crippen LogP contribution in [0.25, 0.3) is 0 Å². The number of carboxylic acids is 1. The van der Waals surface area contributed by atoms with E-state index in [2.05, 4.69) is 10.2 Å². The molecule has 0 aromatic heterocycles. The van der Waals surface area contributed by atoms with Crippen LogP contribution in [0.3, 0.4) is 0 Å². The van der Waals surface area contributed by atoms with E-state index in [1.54, 1.807) is 6.07 Å². The second-order valence-corrected chi connectivity index (χ2v) is 9.47. The van der Waals surface area contributed by atoms with E-state index in [0.29, 0.717) is 25.2 Å². The number of carbonyl (C=O) groups excluding carboxylic acids is 1. The molecule has 2 fully saturated rings. The van der Waals surface area contributed by atoms with E-state index in [9.17, 15) is 19.8 Å². The van der Waals surface area contributed by atoms with Crippen LogP contribution in [0, 0.1) is 0 Å². The molecule has 4 atom stereocenters. The van der Waals surface area contributed by atoms with Crippen molar-refractivity contribution in [2.75, 3.05) is 25.0 Å². The molecule has 1 amide bonds. The highest BCUT2D eigenvalue weighted by Crippen LogP contribution is 2.39. The summed E-state index contributed by atoms with van der Waals surface area (Å²) in [6.45, 7) is 2.12. The highest BCUT2D eigenvalue weighted by atomic mass is 16.7. The van der Waals surface area contributed by atoms with Crippen molar-refractivity contribution in [1.82, 2.24) is 4.90 Å². The van der Waals surface area contributed by atoms with E-state index in [0.717, 1.165) is 29.7 Å². The summed E-state index contributed by atoms with van der Waals surface area (Å²) >= 11 is 0. The Morgan fingerprint density at radius 2 is 1.86 bits per heavy atom. The van der Waals surface area contributed by atoms with Crippen LogP contribution in [0.4, 0.5) is 5.69 Å². The van der Waals surface area contributed by atoms with Gasteiger partial charge in [0.2, 0.25) is 5.91 Å². The molecule has 9 heteroatoms. The summed E-state index contributed by atoms with van der Waals surface area (Å²) in [5.41, 5.74) is 3.18. The molecular weight excluding hydrogens is 464 g/mol. The zero-order valence-corrected chi connectivity index (χ0v) is 20.2. The number of ether oxygens (including phenoxy) is 2. The number of carbonyl (C=O) groups is 2. The molecule has 2 saturated heterocycles. The fraction of sp³-hybridized carbons (Fsp3) is 0.481. The van der Waals surface area contributed by atoms with E-state index in [1.165, 1.54) is 0 Å². The average Bonchev–Trinajstić information content (AvgIpc) is 3.28. The van der Waals surface area contributed by atoms with Crippen LogP contribution in [0.15, 0.2) is 48.5 Å². The molecule has 2 aromatic carbocycles. The van der Waals surface area contributed by atoms with Crippen molar-refractivity contribution in [2.45, 2.75) is 63.3 Å². The lowest BCUT2D eigenvalue weighted by Crippen LogP contribution is -2.38. The van der Waals surface area contributed by atoms with Gasteiger partial charge in [-0.25, -0.2) is 0 Å². The standard InChI is InChI=1S/C27H34N2O7/c30-17-18-7-9-19(10-8-18)24-14-23(16-29-12-11-22(31)15-29)35-27(36-24)20-3-1-4-21(13-20)28-25(32)5-2-6-26(33)34/h1,3-4,7-10,13,22-24,27,30-31H,2,5-6,11-12,14-17H2,(H,28,32)(H,33,34)/t22-,23+,24-,27-/m0/s1. The van der Waals surface area contributed by atoms with E-state index in [1.807, 2.05) is 42.5 Å². The maximum absolute atomic E-state index is 12.2. The first kappa shape index (κ1) is 26.2. The third-order valence-electron chi connectivity index (χ3n) is 6.56.